The maximum Gasteiger partial charge on any atom is 0.227 e. The molecule has 1 N–H and O–H groups in total. The summed E-state index contributed by atoms with van der Waals surface area (Å²) in [6, 6.07) is 8.95. The molecule has 1 aliphatic carbocycles. The molecule has 1 amide bonds. The van der Waals surface area contributed by atoms with E-state index in [1.165, 1.54) is 6.07 Å². The van der Waals surface area contributed by atoms with Crippen LogP contribution in [-0.2, 0) is 14.8 Å². The van der Waals surface area contributed by atoms with Gasteiger partial charge in [0.2, 0.25) is 15.9 Å². The van der Waals surface area contributed by atoms with Crippen molar-refractivity contribution in [2.75, 3.05) is 10.7 Å². The van der Waals surface area contributed by atoms with Crippen LogP contribution in [0.25, 0.3) is 22.2 Å². The molecule has 4 aromatic rings. The van der Waals surface area contributed by atoms with Gasteiger partial charge in [-0.2, -0.15) is 0 Å². The number of anilines is 1. The van der Waals surface area contributed by atoms with Gasteiger partial charge in [-0.15, -0.1) is 0 Å². The zero-order valence-corrected chi connectivity index (χ0v) is 25.3. The summed E-state index contributed by atoms with van der Waals surface area (Å²) in [5, 5.41) is 4.10. The summed E-state index contributed by atoms with van der Waals surface area (Å²) in [4.78, 5) is 20.0. The highest BCUT2D eigenvalue weighted by Gasteiger charge is 2.37. The molecule has 0 bridgehead atoms. The molecule has 1 saturated heterocycles. The number of aromatic nitrogens is 3. The zero-order valence-electron chi connectivity index (χ0n) is 24.4. The average Bonchev–Trinajstić information content (AvgIpc) is 3.53. The first-order valence-corrected chi connectivity index (χ1v) is 16.4. The summed E-state index contributed by atoms with van der Waals surface area (Å²) in [5.41, 5.74) is 4.51. The molecule has 1 atom stereocenters. The molecular formula is C31H35F2N5O4S. The van der Waals surface area contributed by atoms with Gasteiger partial charge >= 0.3 is 0 Å². The highest BCUT2D eigenvalue weighted by molar-refractivity contribution is 7.89. The minimum Gasteiger partial charge on any atom is -0.361 e. The smallest absolute Gasteiger partial charge is 0.227 e. The number of amides is 1. The Labute approximate surface area is 249 Å². The molecule has 3 heterocycles. The van der Waals surface area contributed by atoms with Gasteiger partial charge in [-0.1, -0.05) is 11.2 Å². The normalized spacial score (nSPS) is 21.6. The molecule has 2 aliphatic rings. The summed E-state index contributed by atoms with van der Waals surface area (Å²) in [6.45, 7) is 5.37. The van der Waals surface area contributed by atoms with Crippen molar-refractivity contribution in [2.45, 2.75) is 83.8 Å². The molecule has 2 fully saturated rings. The summed E-state index contributed by atoms with van der Waals surface area (Å²) < 4.78 is 63.0. The molecule has 6 rings (SSSR count). The molecule has 43 heavy (non-hydrogen) atoms. The fourth-order valence-electron chi connectivity index (χ4n) is 6.65. The number of nitrogens with one attached hydrogen (secondary N) is 1. The number of piperidine rings is 1. The lowest BCUT2D eigenvalue weighted by atomic mass is 9.90. The van der Waals surface area contributed by atoms with Crippen LogP contribution in [0.15, 0.2) is 40.9 Å². The highest BCUT2D eigenvalue weighted by atomic mass is 32.2. The topological polar surface area (TPSA) is 110 Å². The van der Waals surface area contributed by atoms with Crippen molar-refractivity contribution >= 4 is 32.7 Å². The zero-order chi connectivity index (χ0) is 30.5. The molecule has 228 valence electrons. The van der Waals surface area contributed by atoms with Gasteiger partial charge < -0.3 is 14.0 Å². The number of sulfonamides is 1. The maximum absolute atomic E-state index is 14.4. The Morgan fingerprint density at radius 2 is 1.79 bits per heavy atom. The molecule has 1 aliphatic heterocycles. The molecule has 0 spiro atoms. The second kappa shape index (κ2) is 11.5. The Bertz CT molecular complexity index is 1770. The van der Waals surface area contributed by atoms with Crippen LogP contribution in [0.3, 0.4) is 0 Å². The Hall–Kier alpha value is -3.64. The third-order valence-corrected chi connectivity index (χ3v) is 10.2. The summed E-state index contributed by atoms with van der Waals surface area (Å²) in [6.07, 6.45) is 4.31. The first-order chi connectivity index (χ1) is 20.6. The number of carbonyl (C=O) groups is 1. The van der Waals surface area contributed by atoms with Crippen LogP contribution in [0.5, 0.6) is 0 Å². The van der Waals surface area contributed by atoms with Crippen LogP contribution in [0, 0.1) is 25.5 Å². The van der Waals surface area contributed by atoms with E-state index in [0.717, 1.165) is 40.0 Å². The van der Waals surface area contributed by atoms with Crippen LogP contribution < -0.4 is 9.62 Å². The Morgan fingerprint density at radius 3 is 2.47 bits per heavy atom. The number of aryl methyl sites for hydroxylation is 2. The van der Waals surface area contributed by atoms with Gasteiger partial charge in [0, 0.05) is 35.8 Å². The maximum atomic E-state index is 14.4. The van der Waals surface area contributed by atoms with E-state index in [0.29, 0.717) is 62.2 Å². The van der Waals surface area contributed by atoms with Crippen molar-refractivity contribution in [1.82, 2.24) is 19.4 Å². The van der Waals surface area contributed by atoms with E-state index in [9.17, 15) is 22.0 Å². The van der Waals surface area contributed by atoms with Crippen LogP contribution in [0.1, 0.15) is 81.2 Å². The summed E-state index contributed by atoms with van der Waals surface area (Å²) in [7, 11) is -3.32. The molecule has 0 unspecified atom stereocenters. The lowest BCUT2D eigenvalue weighted by Crippen LogP contribution is -2.41. The molecule has 0 radical (unpaired) electrons. The number of fused-ring (bicyclic) bond motifs is 1. The van der Waals surface area contributed by atoms with Crippen LogP contribution in [-0.4, -0.2) is 40.8 Å². The van der Waals surface area contributed by atoms with Crippen molar-refractivity contribution in [3.8, 4) is 11.1 Å². The van der Waals surface area contributed by atoms with Gasteiger partial charge in [0.05, 0.1) is 28.5 Å². The first-order valence-electron chi connectivity index (χ1n) is 14.8. The number of rotatable bonds is 7. The van der Waals surface area contributed by atoms with Gasteiger partial charge in [0.25, 0.3) is 0 Å². The lowest BCUT2D eigenvalue weighted by Gasteiger charge is -2.37. The SMILES string of the molecule is CCS(=O)(=O)NC1CCC(n2c([C@@H]3CCCC(=O)N3c3ccc(F)c(F)c3)nc3cc(-c4c(C)noc4C)ccc32)CC1. The number of hydrogen-bond acceptors (Lipinski definition) is 6. The second-order valence-corrected chi connectivity index (χ2v) is 13.6. The number of carbonyl (C=O) groups excluding carboxylic acids is 1. The van der Waals surface area contributed by atoms with E-state index in [1.807, 2.05) is 32.0 Å². The van der Waals surface area contributed by atoms with Crippen LogP contribution in [0.2, 0.25) is 0 Å². The number of imidazole rings is 1. The third kappa shape index (κ3) is 5.58. The fourth-order valence-corrected chi connectivity index (χ4v) is 7.56. The Balaban J connectivity index is 1.45. The van der Waals surface area contributed by atoms with Gasteiger partial charge in [-0.05, 0) is 89.1 Å². The van der Waals surface area contributed by atoms with E-state index < -0.39 is 27.7 Å². The van der Waals surface area contributed by atoms with Crippen molar-refractivity contribution in [2.24, 2.45) is 0 Å². The molecular weight excluding hydrogens is 576 g/mol. The number of halogens is 2. The van der Waals surface area contributed by atoms with E-state index >= 15 is 0 Å². The number of benzene rings is 2. The van der Waals surface area contributed by atoms with E-state index in [1.54, 1.807) is 11.8 Å². The molecule has 2 aromatic carbocycles. The van der Waals surface area contributed by atoms with Gasteiger partial charge in [0.1, 0.15) is 11.6 Å². The fraction of sp³-hybridized carbons (Fsp3) is 0.452. The largest absolute Gasteiger partial charge is 0.361 e. The lowest BCUT2D eigenvalue weighted by molar-refractivity contribution is -0.120. The van der Waals surface area contributed by atoms with Crippen LogP contribution in [0.4, 0.5) is 14.5 Å². The summed E-state index contributed by atoms with van der Waals surface area (Å²) in [5.74, 6) is -0.742. The van der Waals surface area contributed by atoms with Gasteiger partial charge in [-0.25, -0.2) is 26.9 Å². The first kappa shape index (κ1) is 29.4. The number of nitrogens with zero attached hydrogens (tertiary/aromatic N) is 4. The molecule has 12 heteroatoms. The highest BCUT2D eigenvalue weighted by Crippen LogP contribution is 2.42. The second-order valence-electron chi connectivity index (χ2n) is 11.5. The van der Waals surface area contributed by atoms with E-state index in [4.69, 9.17) is 9.51 Å². The van der Waals surface area contributed by atoms with E-state index in [2.05, 4.69) is 14.4 Å². The number of hydrogen-bond donors (Lipinski definition) is 1. The van der Waals surface area contributed by atoms with Crippen molar-refractivity contribution < 1.29 is 26.5 Å². The molecule has 9 nitrogen and oxygen atoms in total. The quantitative estimate of drug-likeness (QED) is 0.264. The predicted molar refractivity (Wildman–Crippen MR) is 159 cm³/mol. The minimum atomic E-state index is -3.32. The van der Waals surface area contributed by atoms with Crippen molar-refractivity contribution in [3.05, 3.63) is 65.3 Å². The van der Waals surface area contributed by atoms with Crippen molar-refractivity contribution in [3.63, 3.8) is 0 Å². The standard InChI is InChI=1S/C31H35F2N5O4S/c1-4-43(40,41)36-21-9-11-22(12-10-21)38-27-15-8-20(30-18(2)35-42-19(30)3)16-26(27)34-31(38)28-6-5-7-29(39)37(28)23-13-14-24(32)25(33)17-23/h8,13-17,21-22,28,36H,4-7,9-12H2,1-3H3/t21?,22?,28-/m0/s1. The Morgan fingerprint density at radius 1 is 1.02 bits per heavy atom. The average molecular weight is 612 g/mol. The molecule has 2 aromatic heterocycles. The predicted octanol–water partition coefficient (Wildman–Crippen LogP) is 6.27. The van der Waals surface area contributed by atoms with E-state index in [-0.39, 0.29) is 23.7 Å². The van der Waals surface area contributed by atoms with Gasteiger partial charge in [-0.3, -0.25) is 4.79 Å². The van der Waals surface area contributed by atoms with Crippen LogP contribution >= 0.6 is 0 Å². The summed E-state index contributed by atoms with van der Waals surface area (Å²) >= 11 is 0. The third-order valence-electron chi connectivity index (χ3n) is 8.75. The Kier molecular flexibility index (Phi) is 7.84. The van der Waals surface area contributed by atoms with Crippen molar-refractivity contribution in [1.29, 1.82) is 0 Å². The molecule has 1 saturated carbocycles. The van der Waals surface area contributed by atoms with Gasteiger partial charge in [0.15, 0.2) is 11.6 Å². The minimum absolute atomic E-state index is 0.0103. The monoisotopic (exact) mass is 611 g/mol.